The third-order valence-electron chi connectivity index (χ3n) is 6.00. The first-order chi connectivity index (χ1) is 16.1. The molecule has 11 heteroatoms. The smallest absolute Gasteiger partial charge is 0.393 e. The summed E-state index contributed by atoms with van der Waals surface area (Å²) in [4.78, 5) is 21.5. The molecule has 3 N–H and O–H groups in total. The normalized spacial score (nSPS) is 20.8. The van der Waals surface area contributed by atoms with Crippen molar-refractivity contribution in [2.45, 2.75) is 64.3 Å². The molecule has 0 bridgehead atoms. The van der Waals surface area contributed by atoms with Crippen molar-refractivity contribution in [2.24, 2.45) is 0 Å². The summed E-state index contributed by atoms with van der Waals surface area (Å²) in [5, 5.41) is 15.4. The van der Waals surface area contributed by atoms with Crippen LogP contribution >= 0.6 is 0 Å². The second-order valence-corrected chi connectivity index (χ2v) is 8.56. The van der Waals surface area contributed by atoms with Crippen LogP contribution in [-0.2, 0) is 33.4 Å². The number of nitrogens with zero attached hydrogens (tertiary/aromatic N) is 2. The summed E-state index contributed by atoms with van der Waals surface area (Å²) in [6.07, 6.45) is -4.65. The largest absolute Gasteiger partial charge is 0.416 e. The first-order valence-electron chi connectivity index (χ1n) is 11.1. The molecule has 2 aromatic rings. The van der Waals surface area contributed by atoms with Crippen molar-refractivity contribution < 1.29 is 32.5 Å². The number of aromatic nitrogens is 2. The number of amides is 1. The predicted octanol–water partition coefficient (Wildman–Crippen LogP) is 2.95. The maximum absolute atomic E-state index is 13.3. The van der Waals surface area contributed by atoms with E-state index in [1.54, 1.807) is 13.0 Å². The number of carbonyl (C=O) groups excluding carboxylic acids is 1. The highest BCUT2D eigenvalue weighted by atomic mass is 19.4. The molecule has 0 radical (unpaired) electrons. The van der Waals surface area contributed by atoms with Crippen molar-refractivity contribution in [1.82, 2.24) is 15.3 Å². The standard InChI is InChI=1S/C23H27F3N4O4/c1-12-14(4-3-5-17(12)23(24,25)26)11-27-21-20(22-33-6-7-34-22)18(28-13(2)29-21)10-19(32)30-15-8-16(31)9-15/h3-5,15-16,22,31H,6-11H2,1-2H3,(H,30,32)(H,27,28,29)/t15-,16-. The molecule has 8 nitrogen and oxygen atoms in total. The van der Waals surface area contributed by atoms with Crippen LogP contribution < -0.4 is 10.6 Å². The fraction of sp³-hybridized carbons (Fsp3) is 0.522. The summed E-state index contributed by atoms with van der Waals surface area (Å²) in [6.45, 7) is 3.90. The number of nitrogens with one attached hydrogen (secondary N) is 2. The summed E-state index contributed by atoms with van der Waals surface area (Å²) in [6, 6.07) is 3.97. The molecule has 184 valence electrons. The second kappa shape index (κ2) is 9.85. The van der Waals surface area contributed by atoms with Crippen molar-refractivity contribution in [2.75, 3.05) is 18.5 Å². The monoisotopic (exact) mass is 480 g/mol. The van der Waals surface area contributed by atoms with Crippen LogP contribution in [0, 0.1) is 13.8 Å². The van der Waals surface area contributed by atoms with E-state index in [1.807, 2.05) is 0 Å². The number of benzene rings is 1. The average molecular weight is 480 g/mol. The molecule has 0 spiro atoms. The van der Waals surface area contributed by atoms with Gasteiger partial charge in [-0.3, -0.25) is 4.79 Å². The van der Waals surface area contributed by atoms with Crippen molar-refractivity contribution in [3.8, 4) is 0 Å². The van der Waals surface area contributed by atoms with Crippen LogP contribution in [-0.4, -0.2) is 46.3 Å². The fourth-order valence-corrected chi connectivity index (χ4v) is 4.18. The van der Waals surface area contributed by atoms with Crippen molar-refractivity contribution in [3.05, 3.63) is 52.0 Å². The van der Waals surface area contributed by atoms with E-state index >= 15 is 0 Å². The summed E-state index contributed by atoms with van der Waals surface area (Å²) in [7, 11) is 0. The highest BCUT2D eigenvalue weighted by molar-refractivity contribution is 5.79. The lowest BCUT2D eigenvalue weighted by Crippen LogP contribution is -2.47. The molecule has 1 aliphatic carbocycles. The van der Waals surface area contributed by atoms with Crippen molar-refractivity contribution in [3.63, 3.8) is 0 Å². The van der Waals surface area contributed by atoms with Crippen LogP contribution in [0.5, 0.6) is 0 Å². The van der Waals surface area contributed by atoms with E-state index in [2.05, 4.69) is 20.6 Å². The van der Waals surface area contributed by atoms with Gasteiger partial charge >= 0.3 is 6.18 Å². The van der Waals surface area contributed by atoms with E-state index in [-0.39, 0.29) is 30.5 Å². The molecule has 34 heavy (non-hydrogen) atoms. The average Bonchev–Trinajstić information content (AvgIpc) is 3.25. The van der Waals surface area contributed by atoms with E-state index in [9.17, 15) is 23.1 Å². The Morgan fingerprint density at radius 3 is 2.53 bits per heavy atom. The van der Waals surface area contributed by atoms with Gasteiger partial charge in [0, 0.05) is 12.6 Å². The molecule has 2 aliphatic rings. The first kappa shape index (κ1) is 24.4. The molecule has 1 aliphatic heterocycles. The molecular weight excluding hydrogens is 453 g/mol. The molecule has 4 rings (SSSR count). The number of aliphatic hydroxyl groups is 1. The van der Waals surface area contributed by atoms with Gasteiger partial charge in [0.05, 0.1) is 42.6 Å². The molecule has 0 atom stereocenters. The number of ether oxygens (including phenoxy) is 2. The number of aryl methyl sites for hydroxylation is 1. The SMILES string of the molecule is Cc1nc(CC(=O)N[C@H]2C[C@H](O)C2)c(C2OCCO2)c(NCc2cccc(C(F)(F)F)c2C)n1. The predicted molar refractivity (Wildman–Crippen MR) is 116 cm³/mol. The van der Waals surface area contributed by atoms with Crippen LogP contribution in [0.4, 0.5) is 19.0 Å². The third kappa shape index (κ3) is 5.48. The first-order valence-corrected chi connectivity index (χ1v) is 11.1. The van der Waals surface area contributed by atoms with Gasteiger partial charge in [0.2, 0.25) is 5.91 Å². The summed E-state index contributed by atoms with van der Waals surface area (Å²) >= 11 is 0. The molecule has 2 heterocycles. The zero-order valence-corrected chi connectivity index (χ0v) is 18.9. The van der Waals surface area contributed by atoms with E-state index in [0.29, 0.717) is 54.5 Å². The molecular formula is C23H27F3N4O4. The molecule has 0 unspecified atom stereocenters. The van der Waals surface area contributed by atoms with Gasteiger partial charge in [-0.25, -0.2) is 9.97 Å². The van der Waals surface area contributed by atoms with Crippen LogP contribution in [0.25, 0.3) is 0 Å². The topological polar surface area (TPSA) is 106 Å². The van der Waals surface area contributed by atoms with E-state index in [1.165, 1.54) is 13.0 Å². The van der Waals surface area contributed by atoms with Crippen LogP contribution in [0.2, 0.25) is 0 Å². The van der Waals surface area contributed by atoms with Crippen molar-refractivity contribution in [1.29, 1.82) is 0 Å². The maximum Gasteiger partial charge on any atom is 0.416 e. The van der Waals surface area contributed by atoms with Gasteiger partial charge in [0.15, 0.2) is 6.29 Å². The van der Waals surface area contributed by atoms with Crippen LogP contribution in [0.3, 0.4) is 0 Å². The molecule has 1 saturated carbocycles. The van der Waals surface area contributed by atoms with Gasteiger partial charge in [0.1, 0.15) is 11.6 Å². The van der Waals surface area contributed by atoms with Gasteiger partial charge in [-0.15, -0.1) is 0 Å². The quantitative estimate of drug-likeness (QED) is 0.560. The molecule has 2 fully saturated rings. The Hall–Kier alpha value is -2.76. The van der Waals surface area contributed by atoms with Gasteiger partial charge in [-0.05, 0) is 43.9 Å². The number of aliphatic hydroxyl groups excluding tert-OH is 1. The minimum atomic E-state index is -4.45. The fourth-order valence-electron chi connectivity index (χ4n) is 4.18. The Morgan fingerprint density at radius 2 is 1.88 bits per heavy atom. The molecule has 1 aromatic carbocycles. The Bertz CT molecular complexity index is 1050. The van der Waals surface area contributed by atoms with Gasteiger partial charge in [-0.2, -0.15) is 13.2 Å². The lowest BCUT2D eigenvalue weighted by Gasteiger charge is -2.32. The number of anilines is 1. The number of carbonyl (C=O) groups is 1. The molecule has 1 amide bonds. The zero-order valence-electron chi connectivity index (χ0n) is 18.9. The molecule has 1 aromatic heterocycles. The van der Waals surface area contributed by atoms with Gasteiger partial charge < -0.3 is 25.2 Å². The van der Waals surface area contributed by atoms with Gasteiger partial charge in [-0.1, -0.05) is 12.1 Å². The minimum absolute atomic E-state index is 0.0498. The van der Waals surface area contributed by atoms with Crippen molar-refractivity contribution >= 4 is 11.7 Å². The van der Waals surface area contributed by atoms with E-state index in [0.717, 1.165) is 6.07 Å². The maximum atomic E-state index is 13.3. The number of halogens is 3. The lowest BCUT2D eigenvalue weighted by atomic mass is 9.89. The van der Waals surface area contributed by atoms with Crippen LogP contribution in [0.1, 0.15) is 52.9 Å². The Morgan fingerprint density at radius 1 is 1.18 bits per heavy atom. The minimum Gasteiger partial charge on any atom is -0.393 e. The van der Waals surface area contributed by atoms with E-state index in [4.69, 9.17) is 9.47 Å². The highest BCUT2D eigenvalue weighted by Gasteiger charge is 2.33. The third-order valence-corrected chi connectivity index (χ3v) is 6.00. The Kier molecular flexibility index (Phi) is 7.06. The number of hydrogen-bond donors (Lipinski definition) is 3. The Labute approximate surface area is 194 Å². The van der Waals surface area contributed by atoms with E-state index < -0.39 is 24.1 Å². The number of rotatable bonds is 7. The van der Waals surface area contributed by atoms with Gasteiger partial charge in [0.25, 0.3) is 0 Å². The summed E-state index contributed by atoms with van der Waals surface area (Å²) in [5.41, 5.74) is 0.780. The number of hydrogen-bond acceptors (Lipinski definition) is 7. The summed E-state index contributed by atoms with van der Waals surface area (Å²) < 4.78 is 51.2. The zero-order chi connectivity index (χ0) is 24.5. The number of alkyl halides is 3. The molecule has 1 saturated heterocycles. The van der Waals surface area contributed by atoms with Crippen LogP contribution in [0.15, 0.2) is 18.2 Å². The highest BCUT2D eigenvalue weighted by Crippen LogP contribution is 2.34. The lowest BCUT2D eigenvalue weighted by molar-refractivity contribution is -0.138. The summed E-state index contributed by atoms with van der Waals surface area (Å²) in [5.74, 6) is 0.485. The second-order valence-electron chi connectivity index (χ2n) is 8.56. The Balaban J connectivity index is 1.59.